The van der Waals surface area contributed by atoms with Crippen LogP contribution in [0.3, 0.4) is 0 Å². The van der Waals surface area contributed by atoms with Gasteiger partial charge >= 0.3 is 0 Å². The van der Waals surface area contributed by atoms with Gasteiger partial charge in [-0.25, -0.2) is 13.4 Å². The van der Waals surface area contributed by atoms with Gasteiger partial charge in [-0.3, -0.25) is 0 Å². The van der Waals surface area contributed by atoms with Crippen LogP contribution in [-0.2, 0) is 14.8 Å². The summed E-state index contributed by atoms with van der Waals surface area (Å²) < 4.78 is 29.7. The normalized spacial score (nSPS) is 17.6. The second kappa shape index (κ2) is 5.66. The highest BCUT2D eigenvalue weighted by molar-refractivity contribution is 7.89. The molecule has 0 amide bonds. The van der Waals surface area contributed by atoms with Crippen molar-refractivity contribution in [3.05, 3.63) is 24.3 Å². The quantitative estimate of drug-likeness (QED) is 0.821. The maximum atomic E-state index is 12.2. The first-order valence-electron chi connectivity index (χ1n) is 5.75. The molecule has 1 aromatic carbocycles. The average Bonchev–Trinajstić information content (AvgIpc) is 2.39. The second-order valence-corrected chi connectivity index (χ2v) is 5.57. The summed E-state index contributed by atoms with van der Waals surface area (Å²) in [6.07, 6.45) is 0. The van der Waals surface area contributed by atoms with Crippen molar-refractivity contribution < 1.29 is 13.2 Å². The van der Waals surface area contributed by atoms with Gasteiger partial charge in [0.2, 0.25) is 0 Å². The molecule has 1 aliphatic heterocycles. The highest BCUT2D eigenvalue weighted by Gasteiger charge is 2.22. The monoisotopic (exact) mass is 271 g/mol. The van der Waals surface area contributed by atoms with Crippen LogP contribution < -0.4 is 10.1 Å². The third-order valence-electron chi connectivity index (χ3n) is 2.71. The first-order chi connectivity index (χ1) is 8.63. The maximum absolute atomic E-state index is 12.2. The number of morpholine rings is 1. The van der Waals surface area contributed by atoms with E-state index in [4.69, 9.17) is 4.74 Å². The lowest BCUT2D eigenvalue weighted by Crippen LogP contribution is -2.48. The second-order valence-electron chi connectivity index (χ2n) is 3.94. The van der Waals surface area contributed by atoms with Crippen molar-refractivity contribution in [2.24, 2.45) is 0 Å². The Bertz CT molecular complexity index is 498. The molecule has 0 aromatic heterocycles. The molecule has 7 heteroatoms. The Morgan fingerprint density at radius 2 is 1.89 bits per heavy atom. The van der Waals surface area contributed by atoms with Gasteiger partial charge < -0.3 is 10.1 Å². The van der Waals surface area contributed by atoms with Crippen molar-refractivity contribution >= 4 is 15.7 Å². The zero-order chi connectivity index (χ0) is 13.0. The van der Waals surface area contributed by atoms with Crippen LogP contribution in [-0.4, -0.2) is 46.8 Å². The van der Waals surface area contributed by atoms with E-state index in [9.17, 15) is 8.42 Å². The minimum absolute atomic E-state index is 0.249. The van der Waals surface area contributed by atoms with Crippen molar-refractivity contribution in [2.45, 2.75) is 4.90 Å². The molecule has 0 aliphatic carbocycles. The lowest BCUT2D eigenvalue weighted by atomic mass is 10.3. The molecule has 0 atom stereocenters. The lowest BCUT2D eigenvalue weighted by Gasteiger charge is -2.27. The zero-order valence-corrected chi connectivity index (χ0v) is 11.0. The Morgan fingerprint density at radius 1 is 1.22 bits per heavy atom. The van der Waals surface area contributed by atoms with Crippen LogP contribution in [0.5, 0.6) is 0 Å². The van der Waals surface area contributed by atoms with Gasteiger partial charge in [0.05, 0.1) is 18.9 Å². The summed E-state index contributed by atoms with van der Waals surface area (Å²) in [7, 11) is -1.85. The first-order valence-corrected chi connectivity index (χ1v) is 7.24. The number of sulfonamides is 1. The van der Waals surface area contributed by atoms with Crippen LogP contribution in [0.1, 0.15) is 0 Å². The molecule has 1 fully saturated rings. The van der Waals surface area contributed by atoms with Gasteiger partial charge in [-0.1, -0.05) is 12.1 Å². The Kier molecular flexibility index (Phi) is 4.18. The number of hydrogen-bond acceptors (Lipinski definition) is 5. The van der Waals surface area contributed by atoms with E-state index < -0.39 is 10.0 Å². The van der Waals surface area contributed by atoms with Crippen molar-refractivity contribution in [2.75, 3.05) is 38.7 Å². The molecule has 1 aliphatic rings. The van der Waals surface area contributed by atoms with E-state index in [0.717, 1.165) is 0 Å². The molecule has 18 heavy (non-hydrogen) atoms. The Labute approximate surface area is 107 Å². The molecule has 2 rings (SSSR count). The first kappa shape index (κ1) is 13.3. The third-order valence-corrected chi connectivity index (χ3v) is 4.14. The summed E-state index contributed by atoms with van der Waals surface area (Å²) in [6, 6.07) is 6.80. The topological polar surface area (TPSA) is 70.7 Å². The van der Waals surface area contributed by atoms with Crippen LogP contribution in [0.2, 0.25) is 0 Å². The van der Waals surface area contributed by atoms with E-state index in [1.807, 2.05) is 0 Å². The van der Waals surface area contributed by atoms with Crippen molar-refractivity contribution in [1.82, 2.24) is 9.84 Å². The molecule has 0 spiro atoms. The molecule has 1 aromatic rings. The largest absolute Gasteiger partial charge is 0.387 e. The molecule has 1 saturated heterocycles. The Morgan fingerprint density at radius 3 is 2.56 bits per heavy atom. The fraction of sp³-hybridized carbons (Fsp3) is 0.455. The molecule has 6 nitrogen and oxygen atoms in total. The summed E-state index contributed by atoms with van der Waals surface area (Å²) in [5, 5.41) is 4.53. The average molecular weight is 271 g/mol. The van der Waals surface area contributed by atoms with Crippen LogP contribution in [0, 0.1) is 0 Å². The van der Waals surface area contributed by atoms with Gasteiger partial charge in [-0.2, -0.15) is 0 Å². The molecule has 2 N–H and O–H groups in total. The number of hydrogen-bond donors (Lipinski definition) is 2. The van der Waals surface area contributed by atoms with E-state index in [1.54, 1.807) is 36.3 Å². The third kappa shape index (κ3) is 2.99. The number of benzene rings is 1. The summed E-state index contributed by atoms with van der Waals surface area (Å²) in [4.78, 5) is 2.82. The fourth-order valence-electron chi connectivity index (χ4n) is 1.78. The molecule has 0 bridgehead atoms. The molecule has 100 valence electrons. The molecular weight excluding hydrogens is 254 g/mol. The number of ether oxygens (including phenoxy) is 1. The van der Waals surface area contributed by atoms with E-state index in [1.165, 1.54) is 0 Å². The lowest BCUT2D eigenvalue weighted by molar-refractivity contribution is 0.0272. The Hall–Kier alpha value is -1.15. The number of rotatable bonds is 4. The summed E-state index contributed by atoms with van der Waals surface area (Å²) >= 11 is 0. The number of nitrogens with one attached hydrogen (secondary N) is 2. The fourth-order valence-corrected chi connectivity index (χ4v) is 3.12. The minimum Gasteiger partial charge on any atom is -0.387 e. The summed E-state index contributed by atoms with van der Waals surface area (Å²) in [6.45, 7) is 2.19. The van der Waals surface area contributed by atoms with Crippen LogP contribution in [0.4, 0.5) is 5.69 Å². The summed E-state index contributed by atoms with van der Waals surface area (Å²) in [5.74, 6) is 0. The van der Waals surface area contributed by atoms with Gasteiger partial charge in [-0.05, 0) is 12.1 Å². The zero-order valence-electron chi connectivity index (χ0n) is 10.2. The van der Waals surface area contributed by atoms with Crippen LogP contribution in [0.15, 0.2) is 29.2 Å². The van der Waals surface area contributed by atoms with Gasteiger partial charge in [0.25, 0.3) is 10.0 Å². The van der Waals surface area contributed by atoms with E-state index >= 15 is 0 Å². The van der Waals surface area contributed by atoms with Crippen LogP contribution >= 0.6 is 0 Å². The summed E-state index contributed by atoms with van der Waals surface area (Å²) in [5.41, 5.74) is 0.582. The van der Waals surface area contributed by atoms with Crippen molar-refractivity contribution in [1.29, 1.82) is 0 Å². The highest BCUT2D eigenvalue weighted by atomic mass is 32.2. The van der Waals surface area contributed by atoms with Crippen molar-refractivity contribution in [3.8, 4) is 0 Å². The molecular formula is C11H17N3O3S. The van der Waals surface area contributed by atoms with Gasteiger partial charge in [-0.15, -0.1) is 4.83 Å². The predicted octanol–water partition coefficient (Wildman–Crippen LogP) is 0.254. The maximum Gasteiger partial charge on any atom is 0.255 e. The smallest absolute Gasteiger partial charge is 0.255 e. The Balaban J connectivity index is 2.19. The molecule has 0 unspecified atom stereocenters. The number of hydrazine groups is 1. The number of anilines is 1. The predicted molar refractivity (Wildman–Crippen MR) is 68.7 cm³/mol. The highest BCUT2D eigenvalue weighted by Crippen LogP contribution is 2.20. The number of nitrogens with zero attached hydrogens (tertiary/aromatic N) is 1. The molecule has 0 radical (unpaired) electrons. The van der Waals surface area contributed by atoms with Gasteiger partial charge in [0, 0.05) is 20.1 Å². The van der Waals surface area contributed by atoms with E-state index in [2.05, 4.69) is 10.1 Å². The van der Waals surface area contributed by atoms with E-state index in [-0.39, 0.29) is 4.90 Å². The molecule has 1 heterocycles. The van der Waals surface area contributed by atoms with E-state index in [0.29, 0.717) is 32.0 Å². The number of para-hydroxylation sites is 1. The minimum atomic E-state index is -3.54. The van der Waals surface area contributed by atoms with Crippen LogP contribution in [0.25, 0.3) is 0 Å². The SMILES string of the molecule is CNc1ccccc1S(=O)(=O)NN1CCOCC1. The molecule has 0 saturated carbocycles. The van der Waals surface area contributed by atoms with Gasteiger partial charge in [0.15, 0.2) is 0 Å². The van der Waals surface area contributed by atoms with Crippen molar-refractivity contribution in [3.63, 3.8) is 0 Å². The van der Waals surface area contributed by atoms with Gasteiger partial charge in [0.1, 0.15) is 4.90 Å². The standard InChI is InChI=1S/C11H17N3O3S/c1-12-10-4-2-3-5-11(10)18(15,16)13-14-6-8-17-9-7-14/h2-5,12-13H,6-9H2,1H3.